The van der Waals surface area contributed by atoms with Crippen LogP contribution in [-0.2, 0) is 9.59 Å². The van der Waals surface area contributed by atoms with Crippen LogP contribution in [0.3, 0.4) is 0 Å². The molecule has 0 aliphatic heterocycles. The van der Waals surface area contributed by atoms with Gasteiger partial charge in [0.2, 0.25) is 5.91 Å². The predicted octanol–water partition coefficient (Wildman–Crippen LogP) is 0.666. The third-order valence-electron chi connectivity index (χ3n) is 2.50. The molecule has 0 saturated heterocycles. The minimum absolute atomic E-state index is 0. The van der Waals surface area contributed by atoms with Gasteiger partial charge in [0, 0.05) is 6.42 Å². The molecule has 0 heterocycles. The van der Waals surface area contributed by atoms with Gasteiger partial charge in [0.15, 0.2) is 0 Å². The third kappa shape index (κ3) is 6.96. The third-order valence-corrected chi connectivity index (χ3v) is 2.50. The van der Waals surface area contributed by atoms with Crippen LogP contribution in [0.4, 0.5) is 0 Å². The van der Waals surface area contributed by atoms with Crippen LogP contribution in [-0.4, -0.2) is 43.2 Å². The van der Waals surface area contributed by atoms with E-state index in [1.807, 2.05) is 30.3 Å². The Morgan fingerprint density at radius 3 is 2.50 bits per heavy atom. The summed E-state index contributed by atoms with van der Waals surface area (Å²) < 4.78 is 5.48. The Balaban J connectivity index is 0.00000361. The molecule has 0 aliphatic rings. The number of rotatable bonds is 8. The number of hydrogen-bond acceptors (Lipinski definition) is 4. The van der Waals surface area contributed by atoms with Gasteiger partial charge in [-0.2, -0.15) is 0 Å². The van der Waals surface area contributed by atoms with Gasteiger partial charge < -0.3 is 20.5 Å². The van der Waals surface area contributed by atoms with Crippen LogP contribution < -0.4 is 15.4 Å². The van der Waals surface area contributed by atoms with Crippen LogP contribution in [0.2, 0.25) is 0 Å². The molecule has 1 atom stereocenters. The Bertz CT molecular complexity index is 414. The summed E-state index contributed by atoms with van der Waals surface area (Å²) in [5.41, 5.74) is 0. The molecular formula is C13H19ClN2O4. The smallest absolute Gasteiger partial charge is 0.322 e. The molecule has 3 N–H and O–H groups in total. The maximum absolute atomic E-state index is 11.6. The Labute approximate surface area is 123 Å². The molecule has 0 saturated carbocycles. The number of nitrogens with one attached hydrogen (secondary N) is 2. The predicted molar refractivity (Wildman–Crippen MR) is 77.3 cm³/mol. The first kappa shape index (κ1) is 18.2. The number of carbonyl (C=O) groups excluding carboxylic acids is 1. The molecule has 7 heteroatoms. The fraction of sp³-hybridized carbons (Fsp3) is 0.385. The van der Waals surface area contributed by atoms with E-state index in [9.17, 15) is 9.59 Å². The van der Waals surface area contributed by atoms with Gasteiger partial charge in [-0.3, -0.25) is 9.59 Å². The summed E-state index contributed by atoms with van der Waals surface area (Å²) in [6.07, 6.45) is 0.455. The Morgan fingerprint density at radius 1 is 1.30 bits per heavy atom. The molecule has 1 unspecified atom stereocenters. The van der Waals surface area contributed by atoms with Crippen molar-refractivity contribution in [1.82, 2.24) is 10.6 Å². The van der Waals surface area contributed by atoms with E-state index >= 15 is 0 Å². The lowest BCUT2D eigenvalue weighted by molar-refractivity contribution is -0.138. The zero-order valence-corrected chi connectivity index (χ0v) is 12.0. The second-order valence-corrected chi connectivity index (χ2v) is 3.90. The van der Waals surface area contributed by atoms with Crippen molar-refractivity contribution in [3.63, 3.8) is 0 Å². The van der Waals surface area contributed by atoms with E-state index in [1.54, 1.807) is 7.05 Å². The maximum atomic E-state index is 11.6. The summed E-state index contributed by atoms with van der Waals surface area (Å²) in [5, 5.41) is 13.6. The van der Waals surface area contributed by atoms with Gasteiger partial charge >= 0.3 is 5.97 Å². The van der Waals surface area contributed by atoms with Crippen LogP contribution in [0.15, 0.2) is 30.3 Å². The molecule has 20 heavy (non-hydrogen) atoms. The topological polar surface area (TPSA) is 87.7 Å². The average Bonchev–Trinajstić information content (AvgIpc) is 2.42. The van der Waals surface area contributed by atoms with Crippen LogP contribution in [0.25, 0.3) is 0 Å². The Hall–Kier alpha value is -1.79. The summed E-state index contributed by atoms with van der Waals surface area (Å²) >= 11 is 0. The monoisotopic (exact) mass is 302 g/mol. The van der Waals surface area contributed by atoms with E-state index < -0.39 is 12.0 Å². The number of hydrogen-bond donors (Lipinski definition) is 3. The summed E-state index contributed by atoms with van der Waals surface area (Å²) in [6.45, 7) is -0.00737. The van der Waals surface area contributed by atoms with Gasteiger partial charge in [-0.05, 0) is 19.2 Å². The van der Waals surface area contributed by atoms with Crippen molar-refractivity contribution in [1.29, 1.82) is 0 Å². The molecule has 0 fully saturated rings. The lowest BCUT2D eigenvalue weighted by atomic mass is 10.2. The molecule has 1 aromatic rings. The zero-order valence-electron chi connectivity index (χ0n) is 11.2. The number of ether oxygens (including phenoxy) is 1. The molecule has 1 aromatic carbocycles. The van der Waals surface area contributed by atoms with Crippen LogP contribution in [0, 0.1) is 0 Å². The second-order valence-electron chi connectivity index (χ2n) is 3.90. The summed E-state index contributed by atoms with van der Waals surface area (Å²) in [7, 11) is 1.65. The highest BCUT2D eigenvalue weighted by atomic mass is 35.5. The van der Waals surface area contributed by atoms with E-state index in [4.69, 9.17) is 9.84 Å². The number of halogens is 1. The molecule has 0 aromatic heterocycles. The second kappa shape index (κ2) is 10.1. The normalized spacial score (nSPS) is 11.1. The fourth-order valence-electron chi connectivity index (χ4n) is 1.50. The van der Waals surface area contributed by atoms with E-state index in [1.165, 1.54) is 0 Å². The lowest BCUT2D eigenvalue weighted by Crippen LogP contribution is -2.45. The van der Waals surface area contributed by atoms with Crippen molar-refractivity contribution in [3.8, 4) is 5.75 Å². The number of carbonyl (C=O) groups is 2. The van der Waals surface area contributed by atoms with Gasteiger partial charge in [0.1, 0.15) is 12.3 Å². The van der Waals surface area contributed by atoms with Crippen LogP contribution in [0.5, 0.6) is 5.75 Å². The highest BCUT2D eigenvalue weighted by molar-refractivity contribution is 5.85. The molecule has 6 nitrogen and oxygen atoms in total. The first-order valence-corrected chi connectivity index (χ1v) is 5.98. The first-order chi connectivity index (χ1) is 9.13. The van der Waals surface area contributed by atoms with Gasteiger partial charge in [0.05, 0.1) is 12.6 Å². The van der Waals surface area contributed by atoms with Crippen molar-refractivity contribution in [2.75, 3.05) is 20.2 Å². The highest BCUT2D eigenvalue weighted by Crippen LogP contribution is 2.08. The summed E-state index contributed by atoms with van der Waals surface area (Å²) in [4.78, 5) is 22.0. The largest absolute Gasteiger partial charge is 0.494 e. The van der Waals surface area contributed by atoms with Crippen LogP contribution in [0.1, 0.15) is 6.42 Å². The molecule has 1 rings (SSSR count). The molecule has 0 aliphatic carbocycles. The van der Waals surface area contributed by atoms with Crippen molar-refractivity contribution in [3.05, 3.63) is 30.3 Å². The standard InChI is InChI=1S/C13H18N2O4.ClH/c1-14-11(13(18)15-9-12(16)17)7-8-19-10-5-3-2-4-6-10;/h2-6,11,14H,7-9H2,1H3,(H,15,18)(H,16,17);1H. The van der Waals surface area contributed by atoms with Crippen molar-refractivity contribution >= 4 is 24.3 Å². The van der Waals surface area contributed by atoms with E-state index in [2.05, 4.69) is 10.6 Å². The van der Waals surface area contributed by atoms with Crippen molar-refractivity contribution in [2.45, 2.75) is 12.5 Å². The average molecular weight is 303 g/mol. The van der Waals surface area contributed by atoms with E-state index in [0.717, 1.165) is 5.75 Å². The van der Waals surface area contributed by atoms with Gasteiger partial charge in [-0.25, -0.2) is 0 Å². The minimum atomic E-state index is -1.07. The molecule has 0 bridgehead atoms. The van der Waals surface area contributed by atoms with Gasteiger partial charge in [0.25, 0.3) is 0 Å². The number of carboxylic acid groups (broad SMARTS) is 1. The van der Waals surface area contributed by atoms with E-state index in [-0.39, 0.29) is 24.9 Å². The molecule has 112 valence electrons. The molecule has 1 amide bonds. The SMILES string of the molecule is CNC(CCOc1ccccc1)C(=O)NCC(=O)O.Cl. The molecule has 0 spiro atoms. The fourth-order valence-corrected chi connectivity index (χ4v) is 1.50. The Morgan fingerprint density at radius 2 is 1.95 bits per heavy atom. The maximum Gasteiger partial charge on any atom is 0.322 e. The number of carboxylic acids is 1. The highest BCUT2D eigenvalue weighted by Gasteiger charge is 2.16. The number of aliphatic carboxylic acids is 1. The quantitative estimate of drug-likeness (QED) is 0.657. The number of amides is 1. The lowest BCUT2D eigenvalue weighted by Gasteiger charge is -2.15. The zero-order chi connectivity index (χ0) is 14.1. The summed E-state index contributed by atoms with van der Waals surface area (Å²) in [6, 6.07) is 8.82. The number of para-hydroxylation sites is 1. The summed E-state index contributed by atoms with van der Waals surface area (Å²) in [5.74, 6) is -0.673. The number of benzene rings is 1. The van der Waals surface area contributed by atoms with Crippen LogP contribution >= 0.6 is 12.4 Å². The molecule has 0 radical (unpaired) electrons. The first-order valence-electron chi connectivity index (χ1n) is 5.98. The van der Waals surface area contributed by atoms with Gasteiger partial charge in [-0.1, -0.05) is 18.2 Å². The van der Waals surface area contributed by atoms with Crippen molar-refractivity contribution in [2.24, 2.45) is 0 Å². The van der Waals surface area contributed by atoms with Crippen molar-refractivity contribution < 1.29 is 19.4 Å². The minimum Gasteiger partial charge on any atom is -0.494 e. The van der Waals surface area contributed by atoms with E-state index in [0.29, 0.717) is 13.0 Å². The van der Waals surface area contributed by atoms with Gasteiger partial charge in [-0.15, -0.1) is 12.4 Å². The molecular weight excluding hydrogens is 284 g/mol. The Kier molecular flexibility index (Phi) is 9.15. The number of likely N-dealkylation sites (N-methyl/N-ethyl adjacent to an activating group) is 1.